The van der Waals surface area contributed by atoms with Gasteiger partial charge in [0.15, 0.2) is 0 Å². The standard InChI is InChI=1S/C15H14BrF2NS/c16-13-3-1-2-4-15(13)20-9-12(19)8-10-7-11(17)5-6-14(10)18/h1-7,12H,8-9,19H2. The molecule has 0 aliphatic rings. The number of nitrogens with two attached hydrogens (primary N) is 1. The summed E-state index contributed by atoms with van der Waals surface area (Å²) >= 11 is 5.06. The molecule has 0 bridgehead atoms. The lowest BCUT2D eigenvalue weighted by Gasteiger charge is -2.12. The van der Waals surface area contributed by atoms with Crippen LogP contribution >= 0.6 is 27.7 Å². The Labute approximate surface area is 129 Å². The molecule has 0 saturated heterocycles. The highest BCUT2D eigenvalue weighted by atomic mass is 79.9. The Morgan fingerprint density at radius 2 is 1.90 bits per heavy atom. The highest BCUT2D eigenvalue weighted by Crippen LogP contribution is 2.27. The van der Waals surface area contributed by atoms with E-state index in [0.717, 1.165) is 21.5 Å². The molecule has 2 N–H and O–H groups in total. The van der Waals surface area contributed by atoms with Gasteiger partial charge in [-0.3, -0.25) is 0 Å². The molecular formula is C15H14BrF2NS. The normalized spacial score (nSPS) is 12.4. The van der Waals surface area contributed by atoms with Crippen molar-refractivity contribution in [2.75, 3.05) is 5.75 Å². The van der Waals surface area contributed by atoms with Gasteiger partial charge in [0.1, 0.15) is 11.6 Å². The molecule has 0 amide bonds. The number of rotatable bonds is 5. The Morgan fingerprint density at radius 1 is 1.15 bits per heavy atom. The maximum atomic E-state index is 13.5. The Hall–Kier alpha value is -0.910. The van der Waals surface area contributed by atoms with Gasteiger partial charge in [0.25, 0.3) is 0 Å². The fourth-order valence-corrected chi connectivity index (χ4v) is 3.32. The third kappa shape index (κ3) is 4.30. The zero-order valence-corrected chi connectivity index (χ0v) is 13.1. The summed E-state index contributed by atoms with van der Waals surface area (Å²) in [7, 11) is 0. The molecule has 0 aliphatic heterocycles. The van der Waals surface area contributed by atoms with Gasteiger partial charge in [0, 0.05) is 21.2 Å². The lowest BCUT2D eigenvalue weighted by molar-refractivity contribution is 0.576. The molecule has 2 rings (SSSR count). The van der Waals surface area contributed by atoms with Gasteiger partial charge in [-0.2, -0.15) is 0 Å². The van der Waals surface area contributed by atoms with Crippen LogP contribution in [0.25, 0.3) is 0 Å². The fourth-order valence-electron chi connectivity index (χ4n) is 1.80. The van der Waals surface area contributed by atoms with Crippen LogP contribution in [0.1, 0.15) is 5.56 Å². The van der Waals surface area contributed by atoms with Crippen molar-refractivity contribution in [2.24, 2.45) is 5.73 Å². The van der Waals surface area contributed by atoms with E-state index in [1.807, 2.05) is 24.3 Å². The van der Waals surface area contributed by atoms with Crippen LogP contribution in [0.3, 0.4) is 0 Å². The zero-order chi connectivity index (χ0) is 14.5. The second kappa shape index (κ2) is 7.20. The van der Waals surface area contributed by atoms with Crippen molar-refractivity contribution in [1.82, 2.24) is 0 Å². The van der Waals surface area contributed by atoms with E-state index in [9.17, 15) is 8.78 Å². The first-order valence-corrected chi connectivity index (χ1v) is 7.91. The van der Waals surface area contributed by atoms with E-state index in [-0.39, 0.29) is 6.04 Å². The van der Waals surface area contributed by atoms with Crippen molar-refractivity contribution in [3.05, 3.63) is 64.1 Å². The predicted molar refractivity (Wildman–Crippen MR) is 82.9 cm³/mol. The summed E-state index contributed by atoms with van der Waals surface area (Å²) in [5.74, 6) is -0.210. The van der Waals surface area contributed by atoms with E-state index in [1.165, 1.54) is 6.07 Å². The highest BCUT2D eigenvalue weighted by molar-refractivity contribution is 9.10. The summed E-state index contributed by atoms with van der Waals surface area (Å²) in [6.07, 6.45) is 0.320. The number of hydrogen-bond donors (Lipinski definition) is 1. The molecule has 0 fully saturated rings. The molecular weight excluding hydrogens is 344 g/mol. The summed E-state index contributed by atoms with van der Waals surface area (Å²) in [5, 5.41) is 0. The smallest absolute Gasteiger partial charge is 0.126 e. The van der Waals surface area contributed by atoms with E-state index in [2.05, 4.69) is 15.9 Å². The van der Waals surface area contributed by atoms with E-state index < -0.39 is 11.6 Å². The Kier molecular flexibility index (Phi) is 5.57. The molecule has 0 aromatic heterocycles. The third-order valence-electron chi connectivity index (χ3n) is 2.78. The van der Waals surface area contributed by atoms with Crippen LogP contribution in [-0.2, 0) is 6.42 Å². The van der Waals surface area contributed by atoms with Crippen molar-refractivity contribution in [2.45, 2.75) is 17.4 Å². The lowest BCUT2D eigenvalue weighted by Crippen LogP contribution is -2.26. The molecule has 1 unspecified atom stereocenters. The van der Waals surface area contributed by atoms with Gasteiger partial charge in [-0.05, 0) is 58.2 Å². The quantitative estimate of drug-likeness (QED) is 0.803. The molecule has 1 atom stereocenters. The molecule has 106 valence electrons. The SMILES string of the molecule is NC(CSc1ccccc1Br)Cc1cc(F)ccc1F. The van der Waals surface area contributed by atoms with Gasteiger partial charge in [0.05, 0.1) is 0 Å². The van der Waals surface area contributed by atoms with E-state index in [0.29, 0.717) is 17.7 Å². The first-order valence-electron chi connectivity index (χ1n) is 6.13. The molecule has 20 heavy (non-hydrogen) atoms. The van der Waals surface area contributed by atoms with Gasteiger partial charge < -0.3 is 5.73 Å². The van der Waals surface area contributed by atoms with Crippen molar-refractivity contribution in [1.29, 1.82) is 0 Å². The summed E-state index contributed by atoms with van der Waals surface area (Å²) in [6, 6.07) is 11.1. The molecule has 2 aromatic rings. The van der Waals surface area contributed by atoms with Crippen molar-refractivity contribution < 1.29 is 8.78 Å². The molecule has 0 saturated carbocycles. The van der Waals surface area contributed by atoms with Gasteiger partial charge in [-0.15, -0.1) is 11.8 Å². The topological polar surface area (TPSA) is 26.0 Å². The fraction of sp³-hybridized carbons (Fsp3) is 0.200. The van der Waals surface area contributed by atoms with E-state index in [4.69, 9.17) is 5.73 Å². The van der Waals surface area contributed by atoms with Gasteiger partial charge in [0.2, 0.25) is 0 Å². The van der Waals surface area contributed by atoms with E-state index >= 15 is 0 Å². The maximum absolute atomic E-state index is 13.5. The lowest BCUT2D eigenvalue weighted by atomic mass is 10.1. The Bertz CT molecular complexity index is 592. The first-order chi connectivity index (χ1) is 9.56. The van der Waals surface area contributed by atoms with Gasteiger partial charge in [-0.25, -0.2) is 8.78 Å². The van der Waals surface area contributed by atoms with Crippen molar-refractivity contribution >= 4 is 27.7 Å². The summed E-state index contributed by atoms with van der Waals surface area (Å²) < 4.78 is 27.6. The average molecular weight is 358 g/mol. The zero-order valence-electron chi connectivity index (χ0n) is 10.7. The number of thioether (sulfide) groups is 1. The van der Waals surface area contributed by atoms with Crippen LogP contribution < -0.4 is 5.73 Å². The Morgan fingerprint density at radius 3 is 2.65 bits per heavy atom. The van der Waals surface area contributed by atoms with Crippen molar-refractivity contribution in [3.8, 4) is 0 Å². The van der Waals surface area contributed by atoms with Gasteiger partial charge >= 0.3 is 0 Å². The Balaban J connectivity index is 1.94. The van der Waals surface area contributed by atoms with Crippen LogP contribution in [0.2, 0.25) is 0 Å². The summed E-state index contributed by atoms with van der Waals surface area (Å²) in [5.41, 5.74) is 6.32. The molecule has 1 nitrogen and oxygen atoms in total. The number of hydrogen-bond acceptors (Lipinski definition) is 2. The minimum absolute atomic E-state index is 0.233. The van der Waals surface area contributed by atoms with Crippen LogP contribution in [0, 0.1) is 11.6 Å². The predicted octanol–water partition coefficient (Wildman–Crippen LogP) is 4.39. The second-order valence-electron chi connectivity index (χ2n) is 4.44. The van der Waals surface area contributed by atoms with Crippen LogP contribution in [0.5, 0.6) is 0 Å². The van der Waals surface area contributed by atoms with Crippen LogP contribution in [0.15, 0.2) is 51.8 Å². The monoisotopic (exact) mass is 357 g/mol. The van der Waals surface area contributed by atoms with Gasteiger partial charge in [-0.1, -0.05) is 12.1 Å². The number of benzene rings is 2. The largest absolute Gasteiger partial charge is 0.327 e. The van der Waals surface area contributed by atoms with Crippen molar-refractivity contribution in [3.63, 3.8) is 0 Å². The minimum atomic E-state index is -0.438. The molecule has 0 aliphatic carbocycles. The molecule has 0 spiro atoms. The highest BCUT2D eigenvalue weighted by Gasteiger charge is 2.11. The second-order valence-corrected chi connectivity index (χ2v) is 6.36. The molecule has 0 heterocycles. The van der Waals surface area contributed by atoms with Crippen LogP contribution in [-0.4, -0.2) is 11.8 Å². The molecule has 2 aromatic carbocycles. The van der Waals surface area contributed by atoms with Crippen LogP contribution in [0.4, 0.5) is 8.78 Å². The third-order valence-corrected chi connectivity index (χ3v) is 5.00. The molecule has 5 heteroatoms. The maximum Gasteiger partial charge on any atom is 0.126 e. The molecule has 0 radical (unpaired) electrons. The van der Waals surface area contributed by atoms with E-state index in [1.54, 1.807) is 11.8 Å². The average Bonchev–Trinajstić information content (AvgIpc) is 2.42. The summed E-state index contributed by atoms with van der Waals surface area (Å²) in [4.78, 5) is 1.09. The number of halogens is 3. The first kappa shape index (κ1) is 15.5. The minimum Gasteiger partial charge on any atom is -0.327 e. The summed E-state index contributed by atoms with van der Waals surface area (Å²) in [6.45, 7) is 0.